The number of hydrogen-bond donors (Lipinski definition) is 1. The zero-order valence-electron chi connectivity index (χ0n) is 11.4. The molecule has 0 aliphatic rings. The first kappa shape index (κ1) is 14.1. The van der Waals surface area contributed by atoms with Crippen molar-refractivity contribution in [2.24, 2.45) is 0 Å². The molecule has 1 aromatic rings. The molecule has 1 heterocycles. The summed E-state index contributed by atoms with van der Waals surface area (Å²) in [5.74, 6) is 1.88. The van der Waals surface area contributed by atoms with Crippen molar-refractivity contribution in [1.29, 1.82) is 0 Å². The van der Waals surface area contributed by atoms with E-state index < -0.39 is 0 Å². The molecule has 1 aromatic heterocycles. The van der Waals surface area contributed by atoms with E-state index in [9.17, 15) is 0 Å². The van der Waals surface area contributed by atoms with Crippen molar-refractivity contribution in [1.82, 2.24) is 0 Å². The van der Waals surface area contributed by atoms with Crippen LogP contribution >= 0.6 is 0 Å². The van der Waals surface area contributed by atoms with Gasteiger partial charge in [-0.25, -0.2) is 0 Å². The fourth-order valence-corrected chi connectivity index (χ4v) is 2.00. The van der Waals surface area contributed by atoms with E-state index in [-0.39, 0.29) is 0 Å². The number of anilines is 1. The van der Waals surface area contributed by atoms with Gasteiger partial charge in [-0.2, -0.15) is 0 Å². The van der Waals surface area contributed by atoms with E-state index in [0.717, 1.165) is 18.2 Å². The van der Waals surface area contributed by atoms with Crippen LogP contribution in [0.3, 0.4) is 0 Å². The second-order valence-corrected chi connectivity index (χ2v) is 4.81. The highest BCUT2D eigenvalue weighted by molar-refractivity contribution is 5.31. The Morgan fingerprint density at radius 2 is 1.59 bits per heavy atom. The van der Waals surface area contributed by atoms with Gasteiger partial charge in [-0.05, 0) is 19.4 Å². The van der Waals surface area contributed by atoms with Gasteiger partial charge in [-0.15, -0.1) is 0 Å². The zero-order chi connectivity index (χ0) is 12.3. The second-order valence-electron chi connectivity index (χ2n) is 4.81. The van der Waals surface area contributed by atoms with E-state index in [1.165, 1.54) is 51.4 Å². The van der Waals surface area contributed by atoms with Gasteiger partial charge in [0.25, 0.3) is 0 Å². The predicted octanol–water partition coefficient (Wildman–Crippen LogP) is 5.14. The molecule has 17 heavy (non-hydrogen) atoms. The Hall–Kier alpha value is -0.920. The Balaban J connectivity index is 1.84. The smallest absolute Gasteiger partial charge is 0.193 e. The summed E-state index contributed by atoms with van der Waals surface area (Å²) in [6.07, 6.45) is 10.9. The molecule has 0 bridgehead atoms. The molecule has 0 unspecified atom stereocenters. The van der Waals surface area contributed by atoms with Crippen molar-refractivity contribution in [3.8, 4) is 0 Å². The molecular weight excluding hydrogens is 210 g/mol. The van der Waals surface area contributed by atoms with Crippen LogP contribution in [0.2, 0.25) is 0 Å². The largest absolute Gasteiger partial charge is 0.446 e. The standard InChI is InChI=1S/C15H27NO/c1-3-4-5-6-7-8-9-10-13-16-15-12-11-14(2)17-15/h11-12,16H,3-10,13H2,1-2H3. The topological polar surface area (TPSA) is 25.2 Å². The summed E-state index contributed by atoms with van der Waals surface area (Å²) in [4.78, 5) is 0. The maximum Gasteiger partial charge on any atom is 0.193 e. The number of furan rings is 1. The summed E-state index contributed by atoms with van der Waals surface area (Å²) in [6, 6.07) is 4.00. The Labute approximate surface area is 106 Å². The summed E-state index contributed by atoms with van der Waals surface area (Å²) in [5, 5.41) is 3.31. The third-order valence-corrected chi connectivity index (χ3v) is 3.07. The Morgan fingerprint density at radius 3 is 2.18 bits per heavy atom. The average molecular weight is 237 g/mol. The maximum absolute atomic E-state index is 5.44. The number of unbranched alkanes of at least 4 members (excludes halogenated alkanes) is 7. The van der Waals surface area contributed by atoms with Crippen LogP contribution in [0, 0.1) is 6.92 Å². The average Bonchev–Trinajstić information content (AvgIpc) is 2.73. The van der Waals surface area contributed by atoms with E-state index in [2.05, 4.69) is 12.2 Å². The van der Waals surface area contributed by atoms with E-state index >= 15 is 0 Å². The molecule has 0 aromatic carbocycles. The van der Waals surface area contributed by atoms with Crippen LogP contribution in [0.15, 0.2) is 16.5 Å². The highest BCUT2D eigenvalue weighted by atomic mass is 16.4. The normalized spacial score (nSPS) is 10.7. The van der Waals surface area contributed by atoms with Crippen molar-refractivity contribution in [2.45, 2.75) is 65.2 Å². The van der Waals surface area contributed by atoms with Crippen LogP contribution in [-0.4, -0.2) is 6.54 Å². The molecule has 0 spiro atoms. The number of hydrogen-bond acceptors (Lipinski definition) is 2. The fraction of sp³-hybridized carbons (Fsp3) is 0.733. The molecule has 0 amide bonds. The molecule has 0 saturated carbocycles. The van der Waals surface area contributed by atoms with Crippen molar-refractivity contribution < 1.29 is 4.42 Å². The second kappa shape index (κ2) is 9.15. The van der Waals surface area contributed by atoms with E-state index in [1.807, 2.05) is 19.1 Å². The highest BCUT2D eigenvalue weighted by Gasteiger charge is 1.96. The van der Waals surface area contributed by atoms with Crippen LogP contribution in [0.1, 0.15) is 64.1 Å². The Morgan fingerprint density at radius 1 is 0.941 bits per heavy atom. The molecule has 0 atom stereocenters. The van der Waals surface area contributed by atoms with Gasteiger partial charge in [-0.1, -0.05) is 51.9 Å². The van der Waals surface area contributed by atoms with E-state index in [1.54, 1.807) is 0 Å². The summed E-state index contributed by atoms with van der Waals surface area (Å²) < 4.78 is 5.44. The SMILES string of the molecule is CCCCCCCCCCNc1ccc(C)o1. The van der Waals surface area contributed by atoms with Gasteiger partial charge in [0.2, 0.25) is 0 Å². The lowest BCUT2D eigenvalue weighted by Crippen LogP contribution is -1.99. The molecule has 0 saturated heterocycles. The lowest BCUT2D eigenvalue weighted by Gasteiger charge is -2.03. The van der Waals surface area contributed by atoms with Gasteiger partial charge < -0.3 is 9.73 Å². The number of aryl methyl sites for hydroxylation is 1. The van der Waals surface area contributed by atoms with Crippen molar-refractivity contribution in [3.63, 3.8) is 0 Å². The molecule has 0 aliphatic carbocycles. The first-order valence-electron chi connectivity index (χ1n) is 7.13. The Bertz CT molecular complexity index is 280. The quantitative estimate of drug-likeness (QED) is 0.570. The third kappa shape index (κ3) is 7.09. The van der Waals surface area contributed by atoms with Gasteiger partial charge in [0.05, 0.1) is 0 Å². The Kier molecular flexibility index (Phi) is 7.61. The fourth-order valence-electron chi connectivity index (χ4n) is 2.00. The number of nitrogens with one attached hydrogen (secondary N) is 1. The molecule has 2 heteroatoms. The molecule has 0 aliphatic heterocycles. The van der Waals surface area contributed by atoms with Gasteiger partial charge in [0.1, 0.15) is 5.76 Å². The van der Waals surface area contributed by atoms with Gasteiger partial charge >= 0.3 is 0 Å². The minimum atomic E-state index is 0.908. The summed E-state index contributed by atoms with van der Waals surface area (Å²) in [6.45, 7) is 5.27. The highest BCUT2D eigenvalue weighted by Crippen LogP contribution is 2.12. The lowest BCUT2D eigenvalue weighted by molar-refractivity contribution is 0.541. The monoisotopic (exact) mass is 237 g/mol. The van der Waals surface area contributed by atoms with Gasteiger partial charge in [-0.3, -0.25) is 0 Å². The lowest BCUT2D eigenvalue weighted by atomic mass is 10.1. The number of rotatable bonds is 10. The molecule has 0 fully saturated rings. The summed E-state index contributed by atoms with van der Waals surface area (Å²) >= 11 is 0. The van der Waals surface area contributed by atoms with Gasteiger partial charge in [0, 0.05) is 12.6 Å². The summed E-state index contributed by atoms with van der Waals surface area (Å²) in [5.41, 5.74) is 0. The molecular formula is C15H27NO. The summed E-state index contributed by atoms with van der Waals surface area (Å²) in [7, 11) is 0. The molecule has 1 N–H and O–H groups in total. The molecule has 1 rings (SSSR count). The predicted molar refractivity (Wildman–Crippen MR) is 74.5 cm³/mol. The third-order valence-electron chi connectivity index (χ3n) is 3.07. The van der Waals surface area contributed by atoms with Gasteiger partial charge in [0.15, 0.2) is 5.88 Å². The zero-order valence-corrected chi connectivity index (χ0v) is 11.4. The van der Waals surface area contributed by atoms with E-state index in [0.29, 0.717) is 0 Å². The molecule has 2 nitrogen and oxygen atoms in total. The first-order valence-corrected chi connectivity index (χ1v) is 7.13. The van der Waals surface area contributed by atoms with Crippen molar-refractivity contribution in [2.75, 3.05) is 11.9 Å². The van der Waals surface area contributed by atoms with Crippen LogP contribution in [0.25, 0.3) is 0 Å². The van der Waals surface area contributed by atoms with Crippen LogP contribution in [0.4, 0.5) is 5.88 Å². The molecule has 98 valence electrons. The van der Waals surface area contributed by atoms with Crippen LogP contribution in [-0.2, 0) is 0 Å². The first-order chi connectivity index (χ1) is 8.33. The molecule has 0 radical (unpaired) electrons. The van der Waals surface area contributed by atoms with Crippen molar-refractivity contribution in [3.05, 3.63) is 17.9 Å². The maximum atomic E-state index is 5.44. The van der Waals surface area contributed by atoms with Crippen LogP contribution < -0.4 is 5.32 Å². The minimum absolute atomic E-state index is 0.908. The van der Waals surface area contributed by atoms with Crippen molar-refractivity contribution >= 4 is 5.88 Å². The van der Waals surface area contributed by atoms with E-state index in [4.69, 9.17) is 4.42 Å². The van der Waals surface area contributed by atoms with Crippen LogP contribution in [0.5, 0.6) is 0 Å². The minimum Gasteiger partial charge on any atom is -0.446 e.